The number of nitrogens with one attached hydrogen (secondary N) is 1. The van der Waals surface area contributed by atoms with Crippen molar-refractivity contribution in [2.45, 2.75) is 6.04 Å². The van der Waals surface area contributed by atoms with Gasteiger partial charge in [-0.2, -0.15) is 0 Å². The molecule has 0 saturated carbocycles. The minimum atomic E-state index is -0.272. The smallest absolute Gasteiger partial charge is 0.137 e. The second-order valence-corrected chi connectivity index (χ2v) is 5.01. The molecule has 0 aromatic heterocycles. The van der Waals surface area contributed by atoms with E-state index < -0.39 is 0 Å². The van der Waals surface area contributed by atoms with E-state index >= 15 is 0 Å². The molecule has 3 nitrogen and oxygen atoms in total. The maximum atomic E-state index is 13.2. The van der Waals surface area contributed by atoms with E-state index in [2.05, 4.69) is 26.1 Å². The lowest BCUT2D eigenvalue weighted by atomic mass is 10.1. The van der Waals surface area contributed by atoms with E-state index in [-0.39, 0.29) is 30.9 Å². The summed E-state index contributed by atoms with van der Waals surface area (Å²) in [5, 5.41) is 12.8. The van der Waals surface area contributed by atoms with Gasteiger partial charge in [0.1, 0.15) is 5.82 Å². The molecule has 1 aromatic rings. The average Bonchev–Trinajstić information content (AvgIpc) is 2.36. The van der Waals surface area contributed by atoms with Crippen LogP contribution in [0.1, 0.15) is 11.6 Å². The summed E-state index contributed by atoms with van der Waals surface area (Å²) in [6.45, 7) is 3.72. The fourth-order valence-electron chi connectivity index (χ4n) is 2.15. The number of rotatable bonds is 3. The van der Waals surface area contributed by atoms with Crippen molar-refractivity contribution in [3.05, 3.63) is 34.1 Å². The van der Waals surface area contributed by atoms with Crippen LogP contribution in [0, 0.1) is 5.82 Å². The second kappa shape index (κ2) is 7.40. The molecule has 6 heteroatoms. The molecule has 18 heavy (non-hydrogen) atoms. The average molecular weight is 340 g/mol. The fraction of sp³-hybridized carbons (Fsp3) is 0.500. The monoisotopic (exact) mass is 338 g/mol. The molecule has 0 amide bonds. The van der Waals surface area contributed by atoms with Gasteiger partial charge in [-0.3, -0.25) is 4.90 Å². The lowest BCUT2D eigenvalue weighted by molar-refractivity contribution is 0.110. The molecule has 0 aliphatic carbocycles. The fourth-order valence-corrected chi connectivity index (χ4v) is 2.54. The maximum Gasteiger partial charge on any atom is 0.137 e. The summed E-state index contributed by atoms with van der Waals surface area (Å²) in [6, 6.07) is 4.87. The van der Waals surface area contributed by atoms with E-state index in [1.54, 1.807) is 12.1 Å². The van der Waals surface area contributed by atoms with Crippen molar-refractivity contribution >= 4 is 28.3 Å². The van der Waals surface area contributed by atoms with E-state index in [9.17, 15) is 9.50 Å². The number of aliphatic hydroxyl groups excluding tert-OH is 1. The van der Waals surface area contributed by atoms with Gasteiger partial charge in [0.25, 0.3) is 0 Å². The molecule has 2 N–H and O–H groups in total. The van der Waals surface area contributed by atoms with Crippen molar-refractivity contribution in [1.29, 1.82) is 0 Å². The first-order valence-corrected chi connectivity index (χ1v) is 6.52. The third-order valence-corrected chi connectivity index (χ3v) is 3.70. The number of hydrogen-bond acceptors (Lipinski definition) is 3. The van der Waals surface area contributed by atoms with Gasteiger partial charge in [-0.15, -0.1) is 12.4 Å². The Labute approximate surface area is 121 Å². The molecular weight excluding hydrogens is 323 g/mol. The van der Waals surface area contributed by atoms with Gasteiger partial charge in [0.15, 0.2) is 0 Å². The molecule has 0 spiro atoms. The minimum Gasteiger partial charge on any atom is -0.394 e. The van der Waals surface area contributed by atoms with E-state index in [4.69, 9.17) is 0 Å². The third-order valence-electron chi connectivity index (χ3n) is 3.09. The molecule has 1 aliphatic rings. The van der Waals surface area contributed by atoms with Crippen LogP contribution < -0.4 is 5.32 Å². The normalized spacial score (nSPS) is 18.2. The zero-order valence-corrected chi connectivity index (χ0v) is 12.3. The Morgan fingerprint density at radius 1 is 1.39 bits per heavy atom. The number of piperazine rings is 1. The predicted molar refractivity (Wildman–Crippen MR) is 75.6 cm³/mol. The molecule has 1 atom stereocenters. The SMILES string of the molecule is Cl.OC[C@H](c1ccc(F)c(Br)c1)N1CCNCC1. The minimum absolute atomic E-state index is 0. The molecule has 2 rings (SSSR count). The molecule has 0 bridgehead atoms. The Kier molecular flexibility index (Phi) is 6.52. The van der Waals surface area contributed by atoms with Gasteiger partial charge in [0, 0.05) is 26.2 Å². The largest absolute Gasteiger partial charge is 0.394 e. The summed E-state index contributed by atoms with van der Waals surface area (Å²) in [6.07, 6.45) is 0. The van der Waals surface area contributed by atoms with Gasteiger partial charge in [-0.25, -0.2) is 4.39 Å². The Bertz CT molecular complexity index is 388. The standard InChI is InChI=1S/C12H16BrFN2O.ClH/c13-10-7-9(1-2-11(10)14)12(8-17)16-5-3-15-4-6-16;/h1-2,7,12,15,17H,3-6,8H2;1H/t12-;/m1./s1. The Morgan fingerprint density at radius 2 is 2.06 bits per heavy atom. The number of benzene rings is 1. The zero-order valence-electron chi connectivity index (χ0n) is 9.90. The summed E-state index contributed by atoms with van der Waals surface area (Å²) in [5.41, 5.74) is 0.947. The molecule has 1 aliphatic heterocycles. The maximum absolute atomic E-state index is 13.2. The van der Waals surface area contributed by atoms with E-state index in [1.807, 2.05) is 0 Å². The Hall–Kier alpha value is -0.200. The van der Waals surface area contributed by atoms with Crippen LogP contribution in [0.5, 0.6) is 0 Å². The van der Waals surface area contributed by atoms with Crippen molar-refractivity contribution in [2.75, 3.05) is 32.8 Å². The van der Waals surface area contributed by atoms with E-state index in [1.165, 1.54) is 6.07 Å². The highest BCUT2D eigenvalue weighted by atomic mass is 79.9. The molecule has 1 fully saturated rings. The van der Waals surface area contributed by atoms with Crippen molar-refractivity contribution in [3.8, 4) is 0 Å². The summed E-state index contributed by atoms with van der Waals surface area (Å²) < 4.78 is 13.6. The van der Waals surface area contributed by atoms with Crippen LogP contribution in [0.15, 0.2) is 22.7 Å². The highest BCUT2D eigenvalue weighted by molar-refractivity contribution is 9.10. The van der Waals surface area contributed by atoms with Crippen LogP contribution in [0.4, 0.5) is 4.39 Å². The van der Waals surface area contributed by atoms with Gasteiger partial charge >= 0.3 is 0 Å². The van der Waals surface area contributed by atoms with Crippen LogP contribution >= 0.6 is 28.3 Å². The van der Waals surface area contributed by atoms with Gasteiger partial charge < -0.3 is 10.4 Å². The summed E-state index contributed by atoms with van der Waals surface area (Å²) >= 11 is 3.18. The predicted octanol–water partition coefficient (Wildman–Crippen LogP) is 1.95. The third kappa shape index (κ3) is 3.65. The highest BCUT2D eigenvalue weighted by Gasteiger charge is 2.21. The second-order valence-electron chi connectivity index (χ2n) is 4.16. The lowest BCUT2D eigenvalue weighted by Gasteiger charge is -2.34. The van der Waals surface area contributed by atoms with Crippen molar-refractivity contribution in [2.24, 2.45) is 0 Å². The summed E-state index contributed by atoms with van der Waals surface area (Å²) in [7, 11) is 0. The molecule has 0 unspecified atom stereocenters. The first-order valence-electron chi connectivity index (χ1n) is 5.73. The number of aliphatic hydroxyl groups is 1. The van der Waals surface area contributed by atoms with Crippen LogP contribution in [-0.4, -0.2) is 42.8 Å². The van der Waals surface area contributed by atoms with Crippen molar-refractivity contribution < 1.29 is 9.50 Å². The van der Waals surface area contributed by atoms with Crippen molar-refractivity contribution in [3.63, 3.8) is 0 Å². The Balaban J connectivity index is 0.00000162. The molecule has 1 heterocycles. The first kappa shape index (κ1) is 15.9. The van der Waals surface area contributed by atoms with Crippen LogP contribution in [0.2, 0.25) is 0 Å². The van der Waals surface area contributed by atoms with Gasteiger partial charge in [0.05, 0.1) is 17.1 Å². The van der Waals surface area contributed by atoms with Crippen LogP contribution in [0.3, 0.4) is 0 Å². The molecular formula is C12H17BrClFN2O. The van der Waals surface area contributed by atoms with Gasteiger partial charge in [-0.1, -0.05) is 6.07 Å². The zero-order chi connectivity index (χ0) is 12.3. The molecule has 1 saturated heterocycles. The van der Waals surface area contributed by atoms with E-state index in [0.29, 0.717) is 4.47 Å². The van der Waals surface area contributed by atoms with Crippen LogP contribution in [0.25, 0.3) is 0 Å². The number of halogens is 3. The molecule has 102 valence electrons. The quantitative estimate of drug-likeness (QED) is 0.883. The number of hydrogen-bond donors (Lipinski definition) is 2. The highest BCUT2D eigenvalue weighted by Crippen LogP contribution is 2.25. The summed E-state index contributed by atoms with van der Waals surface area (Å²) in [5.74, 6) is -0.272. The topological polar surface area (TPSA) is 35.5 Å². The Morgan fingerprint density at radius 3 is 2.61 bits per heavy atom. The lowest BCUT2D eigenvalue weighted by Crippen LogP contribution is -2.46. The number of nitrogens with zero attached hydrogens (tertiary/aromatic N) is 1. The van der Waals surface area contributed by atoms with Gasteiger partial charge in [-0.05, 0) is 33.6 Å². The first-order chi connectivity index (χ1) is 8.22. The van der Waals surface area contributed by atoms with E-state index in [0.717, 1.165) is 31.7 Å². The molecule has 0 radical (unpaired) electrons. The van der Waals surface area contributed by atoms with Crippen molar-refractivity contribution in [1.82, 2.24) is 10.2 Å². The summed E-state index contributed by atoms with van der Waals surface area (Å²) in [4.78, 5) is 2.22. The molecule has 1 aromatic carbocycles. The van der Waals surface area contributed by atoms with Gasteiger partial charge in [0.2, 0.25) is 0 Å². The van der Waals surface area contributed by atoms with Crippen LogP contribution in [-0.2, 0) is 0 Å².